The summed E-state index contributed by atoms with van der Waals surface area (Å²) in [6.45, 7) is 8.30. The fourth-order valence-electron chi connectivity index (χ4n) is 4.26. The topological polar surface area (TPSA) is 15.3 Å². The van der Waals surface area contributed by atoms with E-state index in [-0.39, 0.29) is 0 Å². The second-order valence-corrected chi connectivity index (χ2v) is 6.93. The number of hydrogen-bond acceptors (Lipinski definition) is 2. The summed E-state index contributed by atoms with van der Waals surface area (Å²) in [7, 11) is 0. The second kappa shape index (κ2) is 6.93. The highest BCUT2D eigenvalue weighted by molar-refractivity contribution is 5.24. The molecule has 0 radical (unpaired) electrons. The molecule has 3 atom stereocenters. The summed E-state index contributed by atoms with van der Waals surface area (Å²) in [5, 5.41) is 3.72. The Balaban J connectivity index is 1.69. The van der Waals surface area contributed by atoms with Gasteiger partial charge in [0, 0.05) is 18.6 Å². The van der Waals surface area contributed by atoms with Gasteiger partial charge in [-0.2, -0.15) is 0 Å². The van der Waals surface area contributed by atoms with Crippen LogP contribution < -0.4 is 5.32 Å². The highest BCUT2D eigenvalue weighted by atomic mass is 15.2. The first-order valence-electron chi connectivity index (χ1n) is 8.82. The Hall–Kier alpha value is -0.860. The van der Waals surface area contributed by atoms with Gasteiger partial charge in [0.15, 0.2) is 0 Å². The largest absolute Gasteiger partial charge is 0.314 e. The van der Waals surface area contributed by atoms with Crippen molar-refractivity contribution in [2.75, 3.05) is 19.6 Å². The number of nitrogens with zero attached hydrogens (tertiary/aromatic N) is 1. The first-order chi connectivity index (χ1) is 10.3. The molecule has 0 aromatic heterocycles. The molecule has 2 saturated heterocycles. The summed E-state index contributed by atoms with van der Waals surface area (Å²) in [6, 6.07) is 10.6. The molecular weight excluding hydrogens is 256 g/mol. The van der Waals surface area contributed by atoms with Crippen LogP contribution in [0.25, 0.3) is 0 Å². The first kappa shape index (κ1) is 15.1. The molecule has 0 amide bonds. The van der Waals surface area contributed by atoms with Crippen molar-refractivity contribution in [1.29, 1.82) is 0 Å². The molecular formula is C19H30N2. The quantitative estimate of drug-likeness (QED) is 0.903. The van der Waals surface area contributed by atoms with Gasteiger partial charge in [-0.25, -0.2) is 0 Å². The summed E-state index contributed by atoms with van der Waals surface area (Å²) >= 11 is 0. The normalized spacial score (nSPS) is 28.7. The Morgan fingerprint density at radius 3 is 2.67 bits per heavy atom. The van der Waals surface area contributed by atoms with Gasteiger partial charge in [0.2, 0.25) is 0 Å². The lowest BCUT2D eigenvalue weighted by molar-refractivity contribution is 0.104. The van der Waals surface area contributed by atoms with E-state index in [0.29, 0.717) is 6.04 Å². The van der Waals surface area contributed by atoms with Gasteiger partial charge >= 0.3 is 0 Å². The van der Waals surface area contributed by atoms with Gasteiger partial charge in [-0.15, -0.1) is 0 Å². The zero-order chi connectivity index (χ0) is 14.7. The van der Waals surface area contributed by atoms with Crippen molar-refractivity contribution in [1.82, 2.24) is 10.2 Å². The van der Waals surface area contributed by atoms with Crippen LogP contribution in [0.5, 0.6) is 0 Å². The highest BCUT2D eigenvalue weighted by Crippen LogP contribution is 2.32. The third-order valence-corrected chi connectivity index (χ3v) is 5.45. The molecule has 1 aromatic rings. The van der Waals surface area contributed by atoms with E-state index in [1.807, 2.05) is 0 Å². The molecule has 21 heavy (non-hydrogen) atoms. The zero-order valence-electron chi connectivity index (χ0n) is 13.6. The number of hydrogen-bond donors (Lipinski definition) is 1. The SMILES string of the molecule is CCC(c1ccc(C)cc1)N1CCCC(C2CCCN2)C1. The number of likely N-dealkylation sites (tertiary alicyclic amines) is 1. The Labute approximate surface area is 129 Å². The molecule has 0 saturated carbocycles. The molecule has 3 unspecified atom stereocenters. The highest BCUT2D eigenvalue weighted by Gasteiger charge is 2.31. The van der Waals surface area contributed by atoms with Gasteiger partial charge in [0.05, 0.1) is 0 Å². The number of nitrogens with one attached hydrogen (secondary N) is 1. The van der Waals surface area contributed by atoms with E-state index in [1.54, 1.807) is 0 Å². The maximum absolute atomic E-state index is 3.72. The molecule has 116 valence electrons. The van der Waals surface area contributed by atoms with Gasteiger partial charge in [-0.1, -0.05) is 36.8 Å². The Morgan fingerprint density at radius 2 is 2.00 bits per heavy atom. The average molecular weight is 286 g/mol. The van der Waals surface area contributed by atoms with Crippen LogP contribution in [0.4, 0.5) is 0 Å². The standard InChI is InChI=1S/C19H30N2/c1-3-19(16-10-8-15(2)9-11-16)21-13-5-6-17(14-21)18-7-4-12-20-18/h8-11,17-20H,3-7,12-14H2,1-2H3. The van der Waals surface area contributed by atoms with E-state index in [1.165, 1.54) is 62.9 Å². The molecule has 2 heteroatoms. The number of piperidine rings is 1. The molecule has 2 nitrogen and oxygen atoms in total. The fraction of sp³-hybridized carbons (Fsp3) is 0.684. The van der Waals surface area contributed by atoms with E-state index in [4.69, 9.17) is 0 Å². The van der Waals surface area contributed by atoms with Crippen LogP contribution in [0.1, 0.15) is 56.2 Å². The molecule has 0 bridgehead atoms. The second-order valence-electron chi connectivity index (χ2n) is 6.93. The fourth-order valence-corrected chi connectivity index (χ4v) is 4.26. The van der Waals surface area contributed by atoms with Gasteiger partial charge in [0.25, 0.3) is 0 Å². The van der Waals surface area contributed by atoms with Crippen LogP contribution in [0.15, 0.2) is 24.3 Å². The molecule has 0 aliphatic carbocycles. The van der Waals surface area contributed by atoms with Crippen molar-refractivity contribution in [2.45, 2.75) is 58.0 Å². The molecule has 2 aliphatic rings. The molecule has 2 aliphatic heterocycles. The van der Waals surface area contributed by atoms with Crippen LogP contribution >= 0.6 is 0 Å². The van der Waals surface area contributed by atoms with Gasteiger partial charge in [0.1, 0.15) is 0 Å². The molecule has 2 fully saturated rings. The summed E-state index contributed by atoms with van der Waals surface area (Å²) in [5.41, 5.74) is 2.86. The number of benzene rings is 1. The monoisotopic (exact) mass is 286 g/mol. The van der Waals surface area contributed by atoms with Crippen molar-refractivity contribution >= 4 is 0 Å². The Morgan fingerprint density at radius 1 is 1.19 bits per heavy atom. The van der Waals surface area contributed by atoms with Crippen molar-refractivity contribution in [3.63, 3.8) is 0 Å². The summed E-state index contributed by atoms with van der Waals surface area (Å²) in [6.07, 6.45) is 6.76. The smallest absolute Gasteiger partial charge is 0.0345 e. The van der Waals surface area contributed by atoms with Crippen molar-refractivity contribution in [2.24, 2.45) is 5.92 Å². The number of aryl methyl sites for hydroxylation is 1. The maximum atomic E-state index is 3.72. The van der Waals surface area contributed by atoms with Crippen LogP contribution in [-0.2, 0) is 0 Å². The van der Waals surface area contributed by atoms with Gasteiger partial charge < -0.3 is 5.32 Å². The van der Waals surface area contributed by atoms with Crippen LogP contribution in [0, 0.1) is 12.8 Å². The summed E-state index contributed by atoms with van der Waals surface area (Å²) in [5.74, 6) is 0.862. The van der Waals surface area contributed by atoms with Gasteiger partial charge in [-0.05, 0) is 63.6 Å². The minimum atomic E-state index is 0.606. The van der Waals surface area contributed by atoms with E-state index in [2.05, 4.69) is 48.3 Å². The van der Waals surface area contributed by atoms with Gasteiger partial charge in [-0.3, -0.25) is 4.90 Å². The van der Waals surface area contributed by atoms with Crippen LogP contribution in [0.2, 0.25) is 0 Å². The van der Waals surface area contributed by atoms with Crippen molar-refractivity contribution < 1.29 is 0 Å². The lowest BCUT2D eigenvalue weighted by atomic mass is 9.88. The predicted molar refractivity (Wildman–Crippen MR) is 89.5 cm³/mol. The minimum Gasteiger partial charge on any atom is -0.314 e. The first-order valence-corrected chi connectivity index (χ1v) is 8.82. The van der Waals surface area contributed by atoms with E-state index in [0.717, 1.165) is 12.0 Å². The van der Waals surface area contributed by atoms with E-state index in [9.17, 15) is 0 Å². The molecule has 0 spiro atoms. The zero-order valence-corrected chi connectivity index (χ0v) is 13.6. The van der Waals surface area contributed by atoms with Crippen LogP contribution in [0.3, 0.4) is 0 Å². The van der Waals surface area contributed by atoms with E-state index < -0.39 is 0 Å². The lowest BCUT2D eigenvalue weighted by Crippen LogP contribution is -2.44. The summed E-state index contributed by atoms with van der Waals surface area (Å²) in [4.78, 5) is 2.75. The van der Waals surface area contributed by atoms with Crippen LogP contribution in [-0.4, -0.2) is 30.6 Å². The molecule has 3 rings (SSSR count). The Bertz CT molecular complexity index is 433. The van der Waals surface area contributed by atoms with E-state index >= 15 is 0 Å². The number of rotatable bonds is 4. The van der Waals surface area contributed by atoms with Crippen molar-refractivity contribution in [3.05, 3.63) is 35.4 Å². The minimum absolute atomic E-state index is 0.606. The molecule has 1 aromatic carbocycles. The predicted octanol–water partition coefficient (Wildman–Crippen LogP) is 3.91. The molecule has 1 N–H and O–H groups in total. The Kier molecular flexibility index (Phi) is 4.97. The third-order valence-electron chi connectivity index (χ3n) is 5.45. The van der Waals surface area contributed by atoms with Crippen molar-refractivity contribution in [3.8, 4) is 0 Å². The lowest BCUT2D eigenvalue weighted by Gasteiger charge is -2.40. The molecule has 2 heterocycles. The average Bonchev–Trinajstić information content (AvgIpc) is 3.05. The summed E-state index contributed by atoms with van der Waals surface area (Å²) < 4.78 is 0. The third kappa shape index (κ3) is 3.49. The maximum Gasteiger partial charge on any atom is 0.0345 e.